The topological polar surface area (TPSA) is 55.8 Å². The summed E-state index contributed by atoms with van der Waals surface area (Å²) in [6, 6.07) is 17.1. The lowest BCUT2D eigenvalue weighted by molar-refractivity contribution is -0.141. The van der Waals surface area contributed by atoms with Crippen LogP contribution in [0.1, 0.15) is 12.5 Å². The van der Waals surface area contributed by atoms with Crippen LogP contribution in [0, 0.1) is 6.92 Å². The van der Waals surface area contributed by atoms with E-state index in [0.717, 1.165) is 16.3 Å². The van der Waals surface area contributed by atoms with Gasteiger partial charge in [0.05, 0.1) is 12.8 Å². The average molecular weight is 398 g/mol. The van der Waals surface area contributed by atoms with Gasteiger partial charge in [-0.25, -0.2) is 9.59 Å². The van der Waals surface area contributed by atoms with Gasteiger partial charge in [-0.15, -0.1) is 0 Å². The van der Waals surface area contributed by atoms with Crippen molar-refractivity contribution in [2.24, 2.45) is 0 Å². The van der Waals surface area contributed by atoms with Crippen molar-refractivity contribution in [3.63, 3.8) is 0 Å². The molecule has 0 saturated carbocycles. The van der Waals surface area contributed by atoms with Crippen molar-refractivity contribution in [3.05, 3.63) is 71.2 Å². The van der Waals surface area contributed by atoms with Crippen LogP contribution in [0.2, 0.25) is 5.02 Å². The van der Waals surface area contributed by atoms with Gasteiger partial charge in [-0.2, -0.15) is 0 Å². The minimum atomic E-state index is -0.880. The molecule has 0 fully saturated rings. The number of ether oxygens (including phenoxy) is 2. The molecule has 0 aliphatic heterocycles. The van der Waals surface area contributed by atoms with E-state index in [4.69, 9.17) is 21.1 Å². The predicted octanol–water partition coefficient (Wildman–Crippen LogP) is 5.37. The second-order valence-corrected chi connectivity index (χ2v) is 6.78. The first-order valence-corrected chi connectivity index (χ1v) is 9.13. The monoisotopic (exact) mass is 397 g/mol. The number of rotatable bonds is 4. The number of hydrogen-bond donors (Lipinski definition) is 0. The Kier molecular flexibility index (Phi) is 5.85. The highest BCUT2D eigenvalue weighted by Gasteiger charge is 2.32. The van der Waals surface area contributed by atoms with Crippen LogP contribution in [0.25, 0.3) is 10.8 Å². The molecule has 5 nitrogen and oxygen atoms in total. The second kappa shape index (κ2) is 8.31. The highest BCUT2D eigenvalue weighted by molar-refractivity contribution is 6.30. The summed E-state index contributed by atoms with van der Waals surface area (Å²) in [4.78, 5) is 26.7. The molecule has 1 amide bonds. The zero-order chi connectivity index (χ0) is 20.3. The first-order valence-electron chi connectivity index (χ1n) is 8.75. The molecule has 0 aromatic heterocycles. The zero-order valence-electron chi connectivity index (χ0n) is 15.8. The van der Waals surface area contributed by atoms with Crippen LogP contribution < -0.4 is 9.64 Å². The zero-order valence-corrected chi connectivity index (χ0v) is 16.6. The third kappa shape index (κ3) is 3.94. The van der Waals surface area contributed by atoms with Crippen LogP contribution in [0.3, 0.4) is 0 Å². The maximum absolute atomic E-state index is 13.1. The van der Waals surface area contributed by atoms with Crippen LogP contribution in [0.15, 0.2) is 60.7 Å². The molecule has 0 bridgehead atoms. The molecule has 0 radical (unpaired) electrons. The van der Waals surface area contributed by atoms with Crippen molar-refractivity contribution >= 4 is 40.1 Å². The summed E-state index contributed by atoms with van der Waals surface area (Å²) in [6.07, 6.45) is -0.681. The summed E-state index contributed by atoms with van der Waals surface area (Å²) < 4.78 is 10.4. The van der Waals surface area contributed by atoms with Crippen molar-refractivity contribution in [2.75, 3.05) is 12.0 Å². The van der Waals surface area contributed by atoms with Gasteiger partial charge in [0.15, 0.2) is 0 Å². The van der Waals surface area contributed by atoms with Gasteiger partial charge in [0.2, 0.25) is 0 Å². The third-order valence-electron chi connectivity index (χ3n) is 4.49. The number of benzene rings is 3. The molecule has 0 heterocycles. The van der Waals surface area contributed by atoms with Crippen molar-refractivity contribution in [1.82, 2.24) is 0 Å². The van der Waals surface area contributed by atoms with Gasteiger partial charge in [-0.05, 0) is 49.1 Å². The van der Waals surface area contributed by atoms with E-state index in [1.807, 2.05) is 43.3 Å². The Labute approximate surface area is 168 Å². The standard InChI is InChI=1S/C22H20ClNO4/c1-14-8-9-16-6-4-5-7-19(16)20(14)24(15(2)21(25)27-3)22(26)28-18-12-10-17(23)11-13-18/h4-13,15H,1-3H3/t15-/m0/s1. The lowest BCUT2D eigenvalue weighted by Crippen LogP contribution is -2.46. The third-order valence-corrected chi connectivity index (χ3v) is 4.74. The van der Waals surface area contributed by atoms with Gasteiger partial charge in [-0.1, -0.05) is 48.0 Å². The Morgan fingerprint density at radius 2 is 1.68 bits per heavy atom. The molecule has 0 unspecified atom stereocenters. The van der Waals surface area contributed by atoms with E-state index in [2.05, 4.69) is 0 Å². The number of hydrogen-bond acceptors (Lipinski definition) is 4. The molecule has 1 atom stereocenters. The summed E-state index contributed by atoms with van der Waals surface area (Å²) in [7, 11) is 1.29. The van der Waals surface area contributed by atoms with Crippen LogP contribution in [-0.4, -0.2) is 25.2 Å². The Morgan fingerprint density at radius 1 is 1.00 bits per heavy atom. The van der Waals surface area contributed by atoms with E-state index in [-0.39, 0.29) is 0 Å². The van der Waals surface area contributed by atoms with Gasteiger partial charge in [0.1, 0.15) is 11.8 Å². The Morgan fingerprint density at radius 3 is 2.36 bits per heavy atom. The predicted molar refractivity (Wildman–Crippen MR) is 110 cm³/mol. The number of carbonyl (C=O) groups excluding carboxylic acids is 2. The number of amides is 1. The summed E-state index contributed by atoms with van der Waals surface area (Å²) in [5.74, 6) is -0.213. The van der Waals surface area contributed by atoms with E-state index < -0.39 is 18.1 Å². The van der Waals surface area contributed by atoms with Gasteiger partial charge < -0.3 is 9.47 Å². The molecule has 0 N–H and O–H groups in total. The van der Waals surface area contributed by atoms with E-state index >= 15 is 0 Å². The first-order chi connectivity index (χ1) is 13.4. The van der Waals surface area contributed by atoms with Gasteiger partial charge in [-0.3, -0.25) is 4.90 Å². The molecule has 3 aromatic carbocycles. The summed E-state index contributed by atoms with van der Waals surface area (Å²) in [6.45, 7) is 3.49. The van der Waals surface area contributed by atoms with Crippen LogP contribution >= 0.6 is 11.6 Å². The second-order valence-electron chi connectivity index (χ2n) is 6.34. The summed E-state index contributed by atoms with van der Waals surface area (Å²) in [5.41, 5.74) is 1.44. The number of anilines is 1. The highest BCUT2D eigenvalue weighted by atomic mass is 35.5. The van der Waals surface area contributed by atoms with Crippen LogP contribution in [-0.2, 0) is 9.53 Å². The molecule has 28 heavy (non-hydrogen) atoms. The normalized spacial score (nSPS) is 11.7. The van der Waals surface area contributed by atoms with E-state index in [1.165, 1.54) is 12.0 Å². The summed E-state index contributed by atoms with van der Waals surface area (Å²) >= 11 is 5.89. The molecular weight excluding hydrogens is 378 g/mol. The minimum absolute atomic E-state index is 0.328. The number of aryl methyl sites for hydroxylation is 1. The molecule has 0 spiro atoms. The number of nitrogens with zero attached hydrogens (tertiary/aromatic N) is 1. The lowest BCUT2D eigenvalue weighted by atomic mass is 10.0. The van der Waals surface area contributed by atoms with Crippen LogP contribution in [0.4, 0.5) is 10.5 Å². The van der Waals surface area contributed by atoms with Crippen molar-refractivity contribution in [2.45, 2.75) is 19.9 Å². The maximum atomic E-state index is 13.1. The Balaban J connectivity index is 2.10. The fourth-order valence-electron chi connectivity index (χ4n) is 3.06. The molecular formula is C22H20ClNO4. The summed E-state index contributed by atoms with van der Waals surface area (Å²) in [5, 5.41) is 2.32. The minimum Gasteiger partial charge on any atom is -0.467 e. The maximum Gasteiger partial charge on any atom is 0.420 e. The van der Waals surface area contributed by atoms with E-state index in [1.54, 1.807) is 31.2 Å². The van der Waals surface area contributed by atoms with Gasteiger partial charge in [0, 0.05) is 10.4 Å². The number of carbonyl (C=O) groups is 2. The van der Waals surface area contributed by atoms with Crippen LogP contribution in [0.5, 0.6) is 5.75 Å². The number of halogens is 1. The molecule has 3 rings (SSSR count). The lowest BCUT2D eigenvalue weighted by Gasteiger charge is -2.29. The quantitative estimate of drug-likeness (QED) is 0.555. The van der Waals surface area contributed by atoms with E-state index in [0.29, 0.717) is 16.5 Å². The number of methoxy groups -OCH3 is 1. The first kappa shape index (κ1) is 19.7. The molecule has 6 heteroatoms. The molecule has 0 saturated heterocycles. The molecule has 0 aliphatic rings. The highest BCUT2D eigenvalue weighted by Crippen LogP contribution is 2.33. The number of fused-ring (bicyclic) bond motifs is 1. The van der Waals surface area contributed by atoms with Gasteiger partial charge >= 0.3 is 12.1 Å². The van der Waals surface area contributed by atoms with Crippen molar-refractivity contribution in [3.8, 4) is 5.75 Å². The Bertz CT molecular complexity index is 1020. The van der Waals surface area contributed by atoms with Crippen molar-refractivity contribution < 1.29 is 19.1 Å². The molecule has 144 valence electrons. The smallest absolute Gasteiger partial charge is 0.420 e. The van der Waals surface area contributed by atoms with Crippen molar-refractivity contribution in [1.29, 1.82) is 0 Å². The van der Waals surface area contributed by atoms with E-state index in [9.17, 15) is 9.59 Å². The molecule has 3 aromatic rings. The SMILES string of the molecule is COC(=O)[C@H](C)N(C(=O)Oc1ccc(Cl)cc1)c1c(C)ccc2ccccc12. The largest absolute Gasteiger partial charge is 0.467 e. The fourth-order valence-corrected chi connectivity index (χ4v) is 3.18. The average Bonchev–Trinajstić information content (AvgIpc) is 2.70. The number of esters is 1. The molecule has 0 aliphatic carbocycles. The Hall–Kier alpha value is -3.05. The van der Waals surface area contributed by atoms with Gasteiger partial charge in [0.25, 0.3) is 0 Å². The fraction of sp³-hybridized carbons (Fsp3) is 0.182.